The van der Waals surface area contributed by atoms with Gasteiger partial charge in [-0.25, -0.2) is 9.37 Å². The standard InChI is InChI=1S/C21H22FN5O2/c1-27-9-8-23-16(27)11-24-20(28)17-13-2-3-14(10-13)18(17)21-25-19(26-29-21)12-4-6-15(22)7-5-12/h4-9,13-14,17-18H,2-3,10-11H2,1H3,(H,24,28)/t13-,14+,17-,18-/m0/s1. The Labute approximate surface area is 167 Å². The predicted molar refractivity (Wildman–Crippen MR) is 102 cm³/mol. The van der Waals surface area contributed by atoms with Crippen molar-refractivity contribution in [1.29, 1.82) is 0 Å². The molecule has 2 aliphatic rings. The molecule has 0 radical (unpaired) electrons. The van der Waals surface area contributed by atoms with E-state index < -0.39 is 0 Å². The minimum atomic E-state index is -0.310. The van der Waals surface area contributed by atoms with E-state index in [0.29, 0.717) is 35.7 Å². The molecule has 2 aliphatic carbocycles. The fourth-order valence-corrected chi connectivity index (χ4v) is 4.96. The lowest BCUT2D eigenvalue weighted by Crippen LogP contribution is -2.37. The lowest BCUT2D eigenvalue weighted by atomic mass is 9.78. The minimum absolute atomic E-state index is 0.0201. The summed E-state index contributed by atoms with van der Waals surface area (Å²) >= 11 is 0. The van der Waals surface area contributed by atoms with Gasteiger partial charge in [-0.3, -0.25) is 4.79 Å². The third-order valence-corrected chi connectivity index (χ3v) is 6.39. The molecular weight excluding hydrogens is 373 g/mol. The van der Waals surface area contributed by atoms with Gasteiger partial charge in [-0.2, -0.15) is 4.98 Å². The Kier molecular flexibility index (Phi) is 4.41. The van der Waals surface area contributed by atoms with Gasteiger partial charge in [0.1, 0.15) is 11.6 Å². The summed E-state index contributed by atoms with van der Waals surface area (Å²) in [5.74, 6) is 1.94. The number of carbonyl (C=O) groups excluding carboxylic acids is 1. The molecule has 1 aromatic carbocycles. The van der Waals surface area contributed by atoms with Crippen molar-refractivity contribution < 1.29 is 13.7 Å². The van der Waals surface area contributed by atoms with Crippen molar-refractivity contribution >= 4 is 5.91 Å². The number of aromatic nitrogens is 4. The van der Waals surface area contributed by atoms with Crippen LogP contribution < -0.4 is 5.32 Å². The van der Waals surface area contributed by atoms with Gasteiger partial charge in [0, 0.05) is 25.0 Å². The third-order valence-electron chi connectivity index (χ3n) is 6.39. The van der Waals surface area contributed by atoms with Crippen molar-refractivity contribution in [2.24, 2.45) is 24.8 Å². The number of carbonyl (C=O) groups is 1. The number of imidazole rings is 1. The summed E-state index contributed by atoms with van der Waals surface area (Å²) in [6.45, 7) is 0.396. The highest BCUT2D eigenvalue weighted by Gasteiger charge is 2.53. The molecule has 2 bridgehead atoms. The first-order valence-electron chi connectivity index (χ1n) is 9.93. The molecule has 0 saturated heterocycles. The molecule has 5 rings (SSSR count). The van der Waals surface area contributed by atoms with Gasteiger partial charge in [0.15, 0.2) is 0 Å². The van der Waals surface area contributed by atoms with E-state index >= 15 is 0 Å². The molecular formula is C21H22FN5O2. The van der Waals surface area contributed by atoms with Crippen LogP contribution in [0.1, 0.15) is 36.9 Å². The number of nitrogens with one attached hydrogen (secondary N) is 1. The fraction of sp³-hybridized carbons (Fsp3) is 0.429. The quantitative estimate of drug-likeness (QED) is 0.718. The summed E-state index contributed by atoms with van der Waals surface area (Å²) in [6.07, 6.45) is 6.72. The second-order valence-electron chi connectivity index (χ2n) is 8.02. The van der Waals surface area contributed by atoms with Crippen molar-refractivity contribution in [3.05, 3.63) is 54.2 Å². The number of halogens is 1. The number of rotatable bonds is 5. The van der Waals surface area contributed by atoms with Crippen LogP contribution in [0.3, 0.4) is 0 Å². The average molecular weight is 395 g/mol. The molecule has 1 N–H and O–H groups in total. The molecule has 2 heterocycles. The van der Waals surface area contributed by atoms with Crippen LogP contribution in [-0.2, 0) is 18.4 Å². The van der Waals surface area contributed by atoms with Gasteiger partial charge in [-0.15, -0.1) is 0 Å². The molecule has 0 aliphatic heterocycles. The Hall–Kier alpha value is -3.03. The summed E-state index contributed by atoms with van der Waals surface area (Å²) < 4.78 is 20.7. The molecule has 8 heteroatoms. The van der Waals surface area contributed by atoms with Crippen molar-refractivity contribution in [2.75, 3.05) is 0 Å². The maximum Gasteiger partial charge on any atom is 0.231 e. The zero-order valence-corrected chi connectivity index (χ0v) is 16.1. The van der Waals surface area contributed by atoms with Gasteiger partial charge in [-0.1, -0.05) is 5.16 Å². The fourth-order valence-electron chi connectivity index (χ4n) is 4.96. The molecule has 2 aromatic heterocycles. The maximum absolute atomic E-state index is 13.2. The number of hydrogen-bond donors (Lipinski definition) is 1. The van der Waals surface area contributed by atoms with Crippen molar-refractivity contribution in [2.45, 2.75) is 31.7 Å². The van der Waals surface area contributed by atoms with E-state index in [1.165, 1.54) is 12.1 Å². The average Bonchev–Trinajstić information content (AvgIpc) is 3.50. The van der Waals surface area contributed by atoms with E-state index in [4.69, 9.17) is 4.52 Å². The molecule has 2 saturated carbocycles. The monoisotopic (exact) mass is 395 g/mol. The second kappa shape index (κ2) is 7.09. The zero-order valence-electron chi connectivity index (χ0n) is 16.1. The SMILES string of the molecule is Cn1ccnc1CNC(=O)[C@H]1[C@H]2CC[C@H](C2)[C@@H]1c1nc(-c2ccc(F)cc2)no1. The number of nitrogens with zero attached hydrogens (tertiary/aromatic N) is 4. The second-order valence-corrected chi connectivity index (χ2v) is 8.02. The van der Waals surface area contributed by atoms with E-state index in [9.17, 15) is 9.18 Å². The Morgan fingerprint density at radius 2 is 2.07 bits per heavy atom. The van der Waals surface area contributed by atoms with Gasteiger partial charge in [0.2, 0.25) is 17.6 Å². The van der Waals surface area contributed by atoms with Crippen molar-refractivity contribution in [1.82, 2.24) is 25.0 Å². The molecule has 0 unspecified atom stereocenters. The summed E-state index contributed by atoms with van der Waals surface area (Å²) in [4.78, 5) is 21.9. The highest BCUT2D eigenvalue weighted by atomic mass is 19.1. The van der Waals surface area contributed by atoms with Gasteiger partial charge >= 0.3 is 0 Å². The van der Waals surface area contributed by atoms with E-state index in [2.05, 4.69) is 20.4 Å². The molecule has 4 atom stereocenters. The van der Waals surface area contributed by atoms with Crippen molar-refractivity contribution in [3.8, 4) is 11.4 Å². The van der Waals surface area contributed by atoms with Crippen LogP contribution in [0, 0.1) is 23.6 Å². The lowest BCUT2D eigenvalue weighted by Gasteiger charge is -2.27. The van der Waals surface area contributed by atoms with Crippen LogP contribution in [0.4, 0.5) is 4.39 Å². The Bertz CT molecular complexity index is 1030. The number of fused-ring (bicyclic) bond motifs is 2. The lowest BCUT2D eigenvalue weighted by molar-refractivity contribution is -0.127. The molecule has 150 valence electrons. The Morgan fingerprint density at radius 3 is 2.83 bits per heavy atom. The van der Waals surface area contributed by atoms with Crippen LogP contribution in [0.2, 0.25) is 0 Å². The number of hydrogen-bond acceptors (Lipinski definition) is 5. The summed E-state index contributed by atoms with van der Waals surface area (Å²) in [5.41, 5.74) is 0.695. The molecule has 2 fully saturated rings. The summed E-state index contributed by atoms with van der Waals surface area (Å²) in [5, 5.41) is 7.13. The molecule has 7 nitrogen and oxygen atoms in total. The van der Waals surface area contributed by atoms with Gasteiger partial charge < -0.3 is 14.4 Å². The van der Waals surface area contributed by atoms with Gasteiger partial charge in [0.05, 0.1) is 18.4 Å². The first-order valence-corrected chi connectivity index (χ1v) is 9.93. The topological polar surface area (TPSA) is 85.8 Å². The molecule has 29 heavy (non-hydrogen) atoms. The zero-order chi connectivity index (χ0) is 20.0. The van der Waals surface area contributed by atoms with Crippen LogP contribution in [-0.4, -0.2) is 25.6 Å². The number of aryl methyl sites for hydroxylation is 1. The normalized spacial score (nSPS) is 25.4. The highest BCUT2D eigenvalue weighted by Crippen LogP contribution is 2.56. The van der Waals surface area contributed by atoms with E-state index in [0.717, 1.165) is 25.1 Å². The Morgan fingerprint density at radius 1 is 1.28 bits per heavy atom. The molecule has 1 amide bonds. The number of benzene rings is 1. The van der Waals surface area contributed by atoms with Gasteiger partial charge in [0.25, 0.3) is 0 Å². The van der Waals surface area contributed by atoms with Crippen LogP contribution >= 0.6 is 0 Å². The first kappa shape index (κ1) is 18.0. The summed E-state index contributed by atoms with van der Waals surface area (Å²) in [7, 11) is 1.91. The largest absolute Gasteiger partial charge is 0.349 e. The Balaban J connectivity index is 1.36. The van der Waals surface area contributed by atoms with Gasteiger partial charge in [-0.05, 0) is 55.4 Å². The van der Waals surface area contributed by atoms with E-state index in [1.54, 1.807) is 18.3 Å². The molecule has 3 aromatic rings. The van der Waals surface area contributed by atoms with Crippen molar-refractivity contribution in [3.63, 3.8) is 0 Å². The summed E-state index contributed by atoms with van der Waals surface area (Å²) in [6, 6.07) is 6.00. The van der Waals surface area contributed by atoms with Crippen LogP contribution in [0.15, 0.2) is 41.2 Å². The maximum atomic E-state index is 13.2. The third kappa shape index (κ3) is 3.22. The predicted octanol–water partition coefficient (Wildman–Crippen LogP) is 3.06. The van der Waals surface area contributed by atoms with Crippen LogP contribution in [0.25, 0.3) is 11.4 Å². The highest BCUT2D eigenvalue weighted by molar-refractivity contribution is 5.80. The molecule has 0 spiro atoms. The van der Waals surface area contributed by atoms with E-state index in [-0.39, 0.29) is 23.6 Å². The van der Waals surface area contributed by atoms with Crippen LogP contribution in [0.5, 0.6) is 0 Å². The number of amides is 1. The smallest absolute Gasteiger partial charge is 0.231 e. The minimum Gasteiger partial charge on any atom is -0.349 e. The van der Waals surface area contributed by atoms with E-state index in [1.807, 2.05) is 17.8 Å². The first-order chi connectivity index (χ1) is 14.1.